The summed E-state index contributed by atoms with van der Waals surface area (Å²) in [6, 6.07) is 3.94. The maximum Gasteiger partial charge on any atom is 0.244 e. The highest BCUT2D eigenvalue weighted by molar-refractivity contribution is 6.30. The van der Waals surface area contributed by atoms with Gasteiger partial charge in [0.1, 0.15) is 18.0 Å². The zero-order valence-corrected chi connectivity index (χ0v) is 11.4. The van der Waals surface area contributed by atoms with Crippen LogP contribution in [0.25, 0.3) is 6.08 Å². The van der Waals surface area contributed by atoms with Gasteiger partial charge in [-0.25, -0.2) is 9.37 Å². The molecule has 7 heteroatoms. The minimum atomic E-state index is -0.493. The lowest BCUT2D eigenvalue weighted by Crippen LogP contribution is -2.25. The second-order valence-electron chi connectivity index (χ2n) is 4.11. The van der Waals surface area contributed by atoms with Crippen molar-refractivity contribution in [2.24, 2.45) is 0 Å². The Hall–Kier alpha value is -2.21. The van der Waals surface area contributed by atoms with Crippen LogP contribution in [0.1, 0.15) is 24.4 Å². The predicted molar refractivity (Wildman–Crippen MR) is 73.4 cm³/mol. The lowest BCUT2D eigenvalue weighted by Gasteiger charge is -2.08. The average molecular weight is 295 g/mol. The molecule has 1 unspecified atom stereocenters. The van der Waals surface area contributed by atoms with E-state index in [1.54, 1.807) is 13.0 Å². The Morgan fingerprint density at radius 3 is 3.00 bits per heavy atom. The second kappa shape index (κ2) is 6.29. The zero-order valence-electron chi connectivity index (χ0n) is 10.6. The van der Waals surface area contributed by atoms with Crippen LogP contribution in [-0.4, -0.2) is 21.1 Å². The van der Waals surface area contributed by atoms with Crippen LogP contribution in [-0.2, 0) is 4.79 Å². The molecule has 0 spiro atoms. The van der Waals surface area contributed by atoms with Gasteiger partial charge in [-0.1, -0.05) is 17.7 Å². The molecule has 0 aliphatic heterocycles. The third-order valence-corrected chi connectivity index (χ3v) is 2.86. The topological polar surface area (TPSA) is 70.7 Å². The van der Waals surface area contributed by atoms with Crippen molar-refractivity contribution >= 4 is 23.6 Å². The van der Waals surface area contributed by atoms with E-state index in [0.29, 0.717) is 11.4 Å². The summed E-state index contributed by atoms with van der Waals surface area (Å²) in [4.78, 5) is 15.7. The van der Waals surface area contributed by atoms with E-state index in [-0.39, 0.29) is 17.0 Å². The summed E-state index contributed by atoms with van der Waals surface area (Å²) in [7, 11) is 0. The summed E-state index contributed by atoms with van der Waals surface area (Å²) in [5, 5.41) is 9.11. The molecule has 1 heterocycles. The van der Waals surface area contributed by atoms with E-state index in [1.807, 2.05) is 0 Å². The first-order valence-electron chi connectivity index (χ1n) is 5.85. The van der Waals surface area contributed by atoms with Gasteiger partial charge in [-0.3, -0.25) is 9.89 Å². The molecule has 1 aromatic carbocycles. The monoisotopic (exact) mass is 294 g/mol. The zero-order chi connectivity index (χ0) is 14.5. The first-order chi connectivity index (χ1) is 9.56. The van der Waals surface area contributed by atoms with Crippen LogP contribution in [0.5, 0.6) is 0 Å². The SMILES string of the molecule is CC(NC(=O)/C=C/c1ccc(F)c(Cl)c1)c1ncn[nH]1. The fourth-order valence-electron chi connectivity index (χ4n) is 1.54. The molecule has 104 valence electrons. The average Bonchev–Trinajstić information content (AvgIpc) is 2.94. The normalized spacial score (nSPS) is 12.6. The third kappa shape index (κ3) is 3.64. The van der Waals surface area contributed by atoms with Crippen molar-refractivity contribution in [3.05, 3.63) is 52.8 Å². The number of aromatic nitrogens is 3. The van der Waals surface area contributed by atoms with Gasteiger partial charge in [0.05, 0.1) is 11.1 Å². The summed E-state index contributed by atoms with van der Waals surface area (Å²) in [5.74, 6) is -0.224. The van der Waals surface area contributed by atoms with E-state index in [9.17, 15) is 9.18 Å². The molecule has 2 rings (SSSR count). The van der Waals surface area contributed by atoms with E-state index in [2.05, 4.69) is 20.5 Å². The van der Waals surface area contributed by atoms with E-state index in [0.717, 1.165) is 0 Å². The number of rotatable bonds is 4. The Balaban J connectivity index is 1.97. The van der Waals surface area contributed by atoms with E-state index < -0.39 is 5.82 Å². The molecule has 1 aromatic heterocycles. The number of nitrogens with one attached hydrogen (secondary N) is 2. The molecule has 0 radical (unpaired) electrons. The molecular formula is C13H12ClFN4O. The van der Waals surface area contributed by atoms with Crippen molar-refractivity contribution in [2.75, 3.05) is 0 Å². The fourth-order valence-corrected chi connectivity index (χ4v) is 1.73. The quantitative estimate of drug-likeness (QED) is 0.851. The molecule has 0 saturated carbocycles. The highest BCUT2D eigenvalue weighted by Crippen LogP contribution is 2.16. The van der Waals surface area contributed by atoms with Crippen LogP contribution >= 0.6 is 11.6 Å². The minimum Gasteiger partial charge on any atom is -0.343 e. The first-order valence-corrected chi connectivity index (χ1v) is 6.23. The van der Waals surface area contributed by atoms with Gasteiger partial charge in [0.2, 0.25) is 5.91 Å². The molecule has 2 N–H and O–H groups in total. The van der Waals surface area contributed by atoms with Gasteiger partial charge >= 0.3 is 0 Å². The van der Waals surface area contributed by atoms with Gasteiger partial charge < -0.3 is 5.32 Å². The molecule has 0 saturated heterocycles. The summed E-state index contributed by atoms with van der Waals surface area (Å²) in [5.41, 5.74) is 0.638. The number of carbonyl (C=O) groups excluding carboxylic acids is 1. The van der Waals surface area contributed by atoms with Gasteiger partial charge in [0, 0.05) is 6.08 Å². The van der Waals surface area contributed by atoms with Gasteiger partial charge in [-0.15, -0.1) is 0 Å². The first kappa shape index (κ1) is 14.2. The van der Waals surface area contributed by atoms with E-state index in [4.69, 9.17) is 11.6 Å². The van der Waals surface area contributed by atoms with Crippen molar-refractivity contribution in [3.63, 3.8) is 0 Å². The van der Waals surface area contributed by atoms with Crippen LogP contribution < -0.4 is 5.32 Å². The lowest BCUT2D eigenvalue weighted by atomic mass is 10.2. The highest BCUT2D eigenvalue weighted by atomic mass is 35.5. The molecule has 1 atom stereocenters. The Kier molecular flexibility index (Phi) is 4.47. The fraction of sp³-hybridized carbons (Fsp3) is 0.154. The van der Waals surface area contributed by atoms with Crippen LogP contribution in [0.15, 0.2) is 30.6 Å². The second-order valence-corrected chi connectivity index (χ2v) is 4.52. The van der Waals surface area contributed by atoms with E-state index >= 15 is 0 Å². The predicted octanol–water partition coefficient (Wildman–Crippen LogP) is 2.49. The third-order valence-electron chi connectivity index (χ3n) is 2.57. The molecule has 0 aliphatic rings. The molecular weight excluding hydrogens is 283 g/mol. The minimum absolute atomic E-state index is 0.0163. The van der Waals surface area contributed by atoms with Crippen molar-refractivity contribution < 1.29 is 9.18 Å². The standard InChI is InChI=1S/C13H12ClFN4O/c1-8(13-16-7-17-19-13)18-12(20)5-3-9-2-4-11(15)10(14)6-9/h2-8H,1H3,(H,18,20)(H,16,17,19)/b5-3+. The Bertz CT molecular complexity index is 627. The molecule has 20 heavy (non-hydrogen) atoms. The Morgan fingerprint density at radius 1 is 1.55 bits per heavy atom. The molecule has 0 aliphatic carbocycles. The summed E-state index contributed by atoms with van der Waals surface area (Å²) in [6.45, 7) is 1.78. The molecule has 5 nitrogen and oxygen atoms in total. The molecule has 1 amide bonds. The van der Waals surface area contributed by atoms with Gasteiger partial charge in [0.25, 0.3) is 0 Å². The van der Waals surface area contributed by atoms with Gasteiger partial charge in [0.15, 0.2) is 0 Å². The van der Waals surface area contributed by atoms with Gasteiger partial charge in [-0.2, -0.15) is 5.10 Å². The summed E-state index contributed by atoms with van der Waals surface area (Å²) < 4.78 is 13.0. The van der Waals surface area contributed by atoms with Crippen LogP contribution in [0.4, 0.5) is 4.39 Å². The molecule has 0 bridgehead atoms. The van der Waals surface area contributed by atoms with Crippen molar-refractivity contribution in [2.45, 2.75) is 13.0 Å². The smallest absolute Gasteiger partial charge is 0.244 e. The number of hydrogen-bond donors (Lipinski definition) is 2. The number of halogens is 2. The number of carbonyl (C=O) groups is 1. The molecule has 0 fully saturated rings. The summed E-state index contributed by atoms with van der Waals surface area (Å²) in [6.07, 6.45) is 4.26. The summed E-state index contributed by atoms with van der Waals surface area (Å²) >= 11 is 5.65. The van der Waals surface area contributed by atoms with Crippen molar-refractivity contribution in [1.82, 2.24) is 20.5 Å². The van der Waals surface area contributed by atoms with Crippen LogP contribution in [0.2, 0.25) is 5.02 Å². The molecule has 2 aromatic rings. The largest absolute Gasteiger partial charge is 0.343 e. The number of hydrogen-bond acceptors (Lipinski definition) is 3. The van der Waals surface area contributed by atoms with Crippen molar-refractivity contribution in [1.29, 1.82) is 0 Å². The highest BCUT2D eigenvalue weighted by Gasteiger charge is 2.09. The van der Waals surface area contributed by atoms with E-state index in [1.165, 1.54) is 30.6 Å². The maximum absolute atomic E-state index is 13.0. The lowest BCUT2D eigenvalue weighted by molar-refractivity contribution is -0.117. The number of amides is 1. The number of H-pyrrole nitrogens is 1. The number of benzene rings is 1. The Morgan fingerprint density at radius 2 is 2.35 bits per heavy atom. The maximum atomic E-state index is 13.0. The number of aromatic amines is 1. The number of nitrogens with zero attached hydrogens (tertiary/aromatic N) is 2. The Labute approximate surface area is 119 Å². The van der Waals surface area contributed by atoms with Crippen LogP contribution in [0.3, 0.4) is 0 Å². The van der Waals surface area contributed by atoms with Crippen LogP contribution in [0, 0.1) is 5.82 Å². The van der Waals surface area contributed by atoms with Crippen molar-refractivity contribution in [3.8, 4) is 0 Å². The van der Waals surface area contributed by atoms with Gasteiger partial charge in [-0.05, 0) is 30.7 Å².